The van der Waals surface area contributed by atoms with Crippen molar-refractivity contribution < 1.29 is 18.3 Å². The molecule has 10 heteroatoms. The highest BCUT2D eigenvalue weighted by Gasteiger charge is 2.30. The van der Waals surface area contributed by atoms with Crippen LogP contribution in [0.15, 0.2) is 18.3 Å². The van der Waals surface area contributed by atoms with Crippen LogP contribution in [0.1, 0.15) is 57.9 Å². The van der Waals surface area contributed by atoms with Gasteiger partial charge < -0.3 is 15.7 Å². The van der Waals surface area contributed by atoms with Crippen LogP contribution in [0.5, 0.6) is 0 Å². The van der Waals surface area contributed by atoms with Crippen molar-refractivity contribution in [1.29, 1.82) is 0 Å². The van der Waals surface area contributed by atoms with E-state index in [1.165, 1.54) is 0 Å². The van der Waals surface area contributed by atoms with Gasteiger partial charge in [-0.15, -0.1) is 0 Å². The number of benzene rings is 1. The first-order chi connectivity index (χ1) is 15.9. The van der Waals surface area contributed by atoms with Gasteiger partial charge in [0, 0.05) is 24.2 Å². The zero-order valence-electron chi connectivity index (χ0n) is 18.4. The number of anilines is 3. The Bertz CT molecular complexity index is 1140. The summed E-state index contributed by atoms with van der Waals surface area (Å²) in [6.07, 6.45) is 7.44. The highest BCUT2D eigenvalue weighted by Crippen LogP contribution is 2.40. The van der Waals surface area contributed by atoms with E-state index in [4.69, 9.17) is 4.98 Å². The molecule has 1 aromatic carbocycles. The van der Waals surface area contributed by atoms with Gasteiger partial charge >= 0.3 is 0 Å². The highest BCUT2D eigenvalue weighted by molar-refractivity contribution is 5.76. The maximum absolute atomic E-state index is 14.4. The van der Waals surface area contributed by atoms with Crippen molar-refractivity contribution in [2.45, 2.75) is 70.1 Å². The fourth-order valence-electron chi connectivity index (χ4n) is 5.05. The molecule has 0 bridgehead atoms. The van der Waals surface area contributed by atoms with Crippen molar-refractivity contribution in [1.82, 2.24) is 19.5 Å². The van der Waals surface area contributed by atoms with Crippen LogP contribution in [0.3, 0.4) is 0 Å². The number of aromatic nitrogens is 4. The molecule has 5 rings (SSSR count). The third kappa shape index (κ3) is 4.36. The summed E-state index contributed by atoms with van der Waals surface area (Å²) < 4.78 is 44.0. The van der Waals surface area contributed by atoms with Gasteiger partial charge in [-0.2, -0.15) is 4.98 Å². The van der Waals surface area contributed by atoms with Gasteiger partial charge in [0.25, 0.3) is 0 Å². The number of aliphatic hydroxyl groups excluding tert-OH is 1. The molecule has 2 aromatic heterocycles. The standard InChI is InChI=1S/C23H27F3N6O/c1-12-3-2-4-19(12)32-21-18(11-27-22(31-21)28-14-5-7-15(33)8-6-14)29-23(32)30-20-16(25)9-13(24)10-17(20)26/h9-12,14-15,19,33H,2-8H2,1H3,(H,29,30)(H,27,28,31)/t12-,14-,15-,19+/m1/s1. The Kier molecular flexibility index (Phi) is 5.86. The lowest BCUT2D eigenvalue weighted by molar-refractivity contribution is 0.126. The number of nitrogens with one attached hydrogen (secondary N) is 2. The predicted molar refractivity (Wildman–Crippen MR) is 119 cm³/mol. The van der Waals surface area contributed by atoms with Gasteiger partial charge in [0.1, 0.15) is 17.0 Å². The minimum absolute atomic E-state index is 0.0525. The topological polar surface area (TPSA) is 87.9 Å². The van der Waals surface area contributed by atoms with Crippen molar-refractivity contribution in [3.63, 3.8) is 0 Å². The molecule has 2 heterocycles. The van der Waals surface area contributed by atoms with Crippen molar-refractivity contribution in [3.05, 3.63) is 35.8 Å². The lowest BCUT2D eigenvalue weighted by Gasteiger charge is -2.26. The summed E-state index contributed by atoms with van der Waals surface area (Å²) >= 11 is 0. The van der Waals surface area contributed by atoms with Gasteiger partial charge in [-0.3, -0.25) is 4.57 Å². The molecule has 7 nitrogen and oxygen atoms in total. The number of rotatable bonds is 5. The minimum Gasteiger partial charge on any atom is -0.393 e. The maximum atomic E-state index is 14.4. The molecule has 2 atom stereocenters. The smallest absolute Gasteiger partial charge is 0.224 e. The molecule has 3 aromatic rings. The van der Waals surface area contributed by atoms with Crippen LogP contribution in [0, 0.1) is 23.4 Å². The van der Waals surface area contributed by atoms with Gasteiger partial charge in [-0.25, -0.2) is 23.1 Å². The van der Waals surface area contributed by atoms with Crippen LogP contribution >= 0.6 is 0 Å². The third-order valence-corrected chi connectivity index (χ3v) is 6.85. The first-order valence-electron chi connectivity index (χ1n) is 11.5. The quantitative estimate of drug-likeness (QED) is 0.493. The largest absolute Gasteiger partial charge is 0.393 e. The molecule has 0 radical (unpaired) electrons. The molecule has 2 saturated carbocycles. The van der Waals surface area contributed by atoms with E-state index in [0.717, 1.165) is 44.9 Å². The molecule has 0 amide bonds. The summed E-state index contributed by atoms with van der Waals surface area (Å²) in [5, 5.41) is 15.8. The summed E-state index contributed by atoms with van der Waals surface area (Å²) in [4.78, 5) is 13.6. The monoisotopic (exact) mass is 460 g/mol. The van der Waals surface area contributed by atoms with E-state index in [9.17, 15) is 18.3 Å². The molecule has 3 N–H and O–H groups in total. The first kappa shape index (κ1) is 21.9. The van der Waals surface area contributed by atoms with E-state index >= 15 is 0 Å². The maximum Gasteiger partial charge on any atom is 0.224 e. The Balaban J connectivity index is 1.53. The number of imidazole rings is 1. The molecule has 176 valence electrons. The molecule has 0 unspecified atom stereocenters. The first-order valence-corrected chi connectivity index (χ1v) is 11.5. The number of aliphatic hydroxyl groups is 1. The molecule has 0 spiro atoms. The van der Waals surface area contributed by atoms with E-state index in [1.54, 1.807) is 6.20 Å². The van der Waals surface area contributed by atoms with Crippen LogP contribution in [0.25, 0.3) is 11.2 Å². The molecule has 33 heavy (non-hydrogen) atoms. The molecule has 2 aliphatic rings. The van der Waals surface area contributed by atoms with Gasteiger partial charge in [-0.05, 0) is 44.4 Å². The second-order valence-electron chi connectivity index (χ2n) is 9.20. The Labute approximate surface area is 189 Å². The second-order valence-corrected chi connectivity index (χ2v) is 9.20. The van der Waals surface area contributed by atoms with Gasteiger partial charge in [0.05, 0.1) is 12.3 Å². The molecule has 2 aliphatic carbocycles. The summed E-state index contributed by atoms with van der Waals surface area (Å²) in [5.74, 6) is -2.00. The number of hydrogen-bond acceptors (Lipinski definition) is 6. The number of nitrogens with zero attached hydrogens (tertiary/aromatic N) is 4. The fraction of sp³-hybridized carbons (Fsp3) is 0.522. The lowest BCUT2D eigenvalue weighted by Crippen LogP contribution is -2.29. The number of halogens is 3. The summed E-state index contributed by atoms with van der Waals surface area (Å²) in [6, 6.07) is 1.50. The Hall–Kier alpha value is -2.88. The van der Waals surface area contributed by atoms with Crippen LogP contribution < -0.4 is 10.6 Å². The molecule has 2 fully saturated rings. The predicted octanol–water partition coefficient (Wildman–Crippen LogP) is 5.06. The molecule has 0 saturated heterocycles. The zero-order chi connectivity index (χ0) is 23.1. The van der Waals surface area contributed by atoms with Crippen molar-refractivity contribution in [2.75, 3.05) is 10.6 Å². The van der Waals surface area contributed by atoms with Crippen LogP contribution in [-0.4, -0.2) is 36.8 Å². The van der Waals surface area contributed by atoms with E-state index < -0.39 is 23.1 Å². The Morgan fingerprint density at radius 3 is 2.39 bits per heavy atom. The van der Waals surface area contributed by atoms with E-state index in [2.05, 4.69) is 27.5 Å². The zero-order valence-corrected chi connectivity index (χ0v) is 18.4. The van der Waals surface area contributed by atoms with Gasteiger partial charge in [0.2, 0.25) is 11.9 Å². The van der Waals surface area contributed by atoms with Crippen LogP contribution in [0.4, 0.5) is 30.8 Å². The van der Waals surface area contributed by atoms with E-state index in [1.807, 2.05) is 4.57 Å². The second kappa shape index (κ2) is 8.81. The van der Waals surface area contributed by atoms with Crippen molar-refractivity contribution in [2.24, 2.45) is 5.92 Å². The van der Waals surface area contributed by atoms with E-state index in [-0.39, 0.29) is 24.1 Å². The molecular weight excluding hydrogens is 433 g/mol. The lowest BCUT2D eigenvalue weighted by atomic mass is 9.93. The Morgan fingerprint density at radius 2 is 1.73 bits per heavy atom. The van der Waals surface area contributed by atoms with Crippen molar-refractivity contribution in [3.8, 4) is 0 Å². The average molecular weight is 461 g/mol. The minimum atomic E-state index is -1.03. The molecular formula is C23H27F3N6O. The highest BCUT2D eigenvalue weighted by atomic mass is 19.1. The number of hydrogen-bond donors (Lipinski definition) is 3. The van der Waals surface area contributed by atoms with Crippen LogP contribution in [-0.2, 0) is 0 Å². The third-order valence-electron chi connectivity index (χ3n) is 6.85. The van der Waals surface area contributed by atoms with E-state index in [0.29, 0.717) is 35.2 Å². The summed E-state index contributed by atoms with van der Waals surface area (Å²) in [6.45, 7) is 2.14. The van der Waals surface area contributed by atoms with Crippen LogP contribution in [0.2, 0.25) is 0 Å². The fourth-order valence-corrected chi connectivity index (χ4v) is 5.05. The Morgan fingerprint density at radius 1 is 1.00 bits per heavy atom. The van der Waals surface area contributed by atoms with Gasteiger partial charge in [0.15, 0.2) is 17.3 Å². The van der Waals surface area contributed by atoms with Crippen molar-refractivity contribution >= 4 is 28.7 Å². The summed E-state index contributed by atoms with van der Waals surface area (Å²) in [5.41, 5.74) is 0.627. The van der Waals surface area contributed by atoms with Gasteiger partial charge in [-0.1, -0.05) is 13.3 Å². The summed E-state index contributed by atoms with van der Waals surface area (Å²) in [7, 11) is 0. The SMILES string of the molecule is C[C@@H]1CCC[C@@H]1n1c(Nc2c(F)cc(F)cc2F)nc2cnc(N[C@H]3CC[C@H](O)CC3)nc21. The average Bonchev–Trinajstić information content (AvgIpc) is 3.34. The number of fused-ring (bicyclic) bond motifs is 1. The normalized spacial score (nSPS) is 25.5. The molecule has 0 aliphatic heterocycles.